The summed E-state index contributed by atoms with van der Waals surface area (Å²) in [5, 5.41) is 0. The predicted octanol–water partition coefficient (Wildman–Crippen LogP) is 14.8. The maximum atomic E-state index is 7.08. The van der Waals surface area contributed by atoms with Gasteiger partial charge in [0.25, 0.3) is 0 Å². The van der Waals surface area contributed by atoms with Crippen LogP contribution in [-0.2, 0) is 0 Å². The van der Waals surface area contributed by atoms with Crippen molar-refractivity contribution in [2.45, 2.75) is 187 Å². The van der Waals surface area contributed by atoms with Crippen LogP contribution in [0, 0.1) is 65.1 Å². The fourth-order valence-electron chi connectivity index (χ4n) is 13.1. The Labute approximate surface area is 339 Å². The summed E-state index contributed by atoms with van der Waals surface area (Å²) >= 11 is 0. The molecule has 4 fully saturated rings. The van der Waals surface area contributed by atoms with Crippen molar-refractivity contribution in [1.29, 1.82) is 0 Å². The number of allylic oxidation sites excluding steroid dienone is 11. The largest absolute Gasteiger partial charge is 0.387 e. The average Bonchev–Trinajstić information content (AvgIpc) is 3.77. The van der Waals surface area contributed by atoms with Gasteiger partial charge in [-0.25, -0.2) is 0 Å². The van der Waals surface area contributed by atoms with E-state index in [0.717, 1.165) is 53.7 Å². The van der Waals surface area contributed by atoms with Crippen molar-refractivity contribution in [1.82, 2.24) is 0 Å². The van der Waals surface area contributed by atoms with Crippen LogP contribution < -0.4 is 5.73 Å². The lowest BCUT2D eigenvalue weighted by Crippen LogP contribution is -2.34. The maximum Gasteiger partial charge on any atom is 0.0976 e. The SMILES string of the molecule is CC(=CC(N=C(N)C1CCCC(C2CCCCC2)C1)C1CC=CCC1)C1C=CC(C)C([C@@H]2CCCC(C(/C=C/C3=CC=CCC3)CCCC3CCCC3)C2)C1. The number of rotatable bonds is 14. The van der Waals surface area contributed by atoms with Crippen LogP contribution in [0.4, 0.5) is 0 Å². The first-order valence-electron chi connectivity index (χ1n) is 24.4. The summed E-state index contributed by atoms with van der Waals surface area (Å²) in [6.45, 7) is 4.98. The first-order valence-corrected chi connectivity index (χ1v) is 24.4. The molecule has 7 aliphatic carbocycles. The lowest BCUT2D eigenvalue weighted by Gasteiger charge is -2.42. The fourth-order valence-corrected chi connectivity index (χ4v) is 13.1. The zero-order valence-corrected chi connectivity index (χ0v) is 35.6. The molecule has 0 aliphatic heterocycles. The number of hydrogen-bond acceptors (Lipinski definition) is 1. The Balaban J connectivity index is 1.02. The molecule has 4 saturated carbocycles. The highest BCUT2D eigenvalue weighted by Gasteiger charge is 2.37. The summed E-state index contributed by atoms with van der Waals surface area (Å²) in [6, 6.07) is 0.219. The van der Waals surface area contributed by atoms with Crippen molar-refractivity contribution < 1.29 is 0 Å². The van der Waals surface area contributed by atoms with E-state index in [9.17, 15) is 0 Å². The first-order chi connectivity index (χ1) is 27.0. The molecule has 0 amide bonds. The van der Waals surface area contributed by atoms with Crippen LogP contribution in [-0.4, -0.2) is 11.9 Å². The van der Waals surface area contributed by atoms with Crippen LogP contribution >= 0.6 is 0 Å². The van der Waals surface area contributed by atoms with Crippen LogP contribution in [0.15, 0.2) is 76.9 Å². The molecule has 9 unspecified atom stereocenters. The van der Waals surface area contributed by atoms with E-state index in [1.807, 2.05) is 0 Å². The predicted molar refractivity (Wildman–Crippen MR) is 238 cm³/mol. The Morgan fingerprint density at radius 3 is 2.38 bits per heavy atom. The number of aliphatic imine (C=N–C) groups is 1. The second kappa shape index (κ2) is 21.1. The van der Waals surface area contributed by atoms with E-state index in [4.69, 9.17) is 10.7 Å². The summed E-state index contributed by atoms with van der Waals surface area (Å²) < 4.78 is 0. The van der Waals surface area contributed by atoms with Gasteiger partial charge in [0, 0.05) is 5.92 Å². The zero-order valence-electron chi connectivity index (χ0n) is 35.6. The highest BCUT2D eigenvalue weighted by Crippen LogP contribution is 2.47. The van der Waals surface area contributed by atoms with Crippen molar-refractivity contribution in [2.75, 3.05) is 0 Å². The van der Waals surface area contributed by atoms with E-state index in [1.165, 1.54) is 161 Å². The molecule has 304 valence electrons. The van der Waals surface area contributed by atoms with E-state index in [1.54, 1.807) is 11.1 Å². The van der Waals surface area contributed by atoms with Crippen molar-refractivity contribution >= 4 is 5.84 Å². The van der Waals surface area contributed by atoms with Gasteiger partial charge in [0.05, 0.1) is 11.9 Å². The minimum Gasteiger partial charge on any atom is -0.387 e. The Bertz CT molecular complexity index is 1390. The van der Waals surface area contributed by atoms with Gasteiger partial charge >= 0.3 is 0 Å². The molecule has 7 aliphatic rings. The van der Waals surface area contributed by atoms with E-state index in [0.29, 0.717) is 23.7 Å². The topological polar surface area (TPSA) is 38.4 Å². The molecule has 0 radical (unpaired) electrons. The van der Waals surface area contributed by atoms with Crippen molar-refractivity contribution in [3.05, 3.63) is 71.9 Å². The van der Waals surface area contributed by atoms with Gasteiger partial charge in [0.15, 0.2) is 0 Å². The first kappa shape index (κ1) is 41.1. The van der Waals surface area contributed by atoms with Gasteiger partial charge in [-0.15, -0.1) is 0 Å². The average molecular weight is 747 g/mol. The summed E-state index contributed by atoms with van der Waals surface area (Å²) in [4.78, 5) is 5.54. The third-order valence-corrected chi connectivity index (χ3v) is 16.6. The van der Waals surface area contributed by atoms with Gasteiger partial charge in [-0.05, 0) is 142 Å². The van der Waals surface area contributed by atoms with Crippen molar-refractivity contribution in [3.8, 4) is 0 Å². The molecule has 2 heteroatoms. The third kappa shape index (κ3) is 11.7. The number of nitrogens with zero attached hydrogens (tertiary/aromatic N) is 1. The van der Waals surface area contributed by atoms with Crippen LogP contribution in [0.2, 0.25) is 0 Å². The van der Waals surface area contributed by atoms with E-state index >= 15 is 0 Å². The molecule has 2 N–H and O–H groups in total. The highest BCUT2D eigenvalue weighted by atomic mass is 14.9. The van der Waals surface area contributed by atoms with Crippen LogP contribution in [0.25, 0.3) is 0 Å². The summed E-state index contributed by atoms with van der Waals surface area (Å²) in [5.41, 5.74) is 10.2. The molecule has 0 spiro atoms. The van der Waals surface area contributed by atoms with Crippen molar-refractivity contribution in [3.63, 3.8) is 0 Å². The maximum absolute atomic E-state index is 7.08. The Hall–Kier alpha value is -2.09. The summed E-state index contributed by atoms with van der Waals surface area (Å²) in [5.74, 6) is 9.37. The molecule has 10 atom stereocenters. The quantitative estimate of drug-likeness (QED) is 0.107. The molecule has 0 aromatic heterocycles. The van der Waals surface area contributed by atoms with Gasteiger partial charge in [-0.2, -0.15) is 0 Å². The van der Waals surface area contributed by atoms with Crippen LogP contribution in [0.3, 0.4) is 0 Å². The zero-order chi connectivity index (χ0) is 37.8. The van der Waals surface area contributed by atoms with Gasteiger partial charge in [0.2, 0.25) is 0 Å². The lowest BCUT2D eigenvalue weighted by molar-refractivity contribution is 0.125. The second-order valence-corrected chi connectivity index (χ2v) is 20.3. The number of nitrogens with two attached hydrogens (primary N) is 1. The normalized spacial score (nSPS) is 35.6. The minimum atomic E-state index is 0.219. The minimum absolute atomic E-state index is 0.219. The molecule has 0 heterocycles. The third-order valence-electron chi connectivity index (χ3n) is 16.6. The lowest BCUT2D eigenvalue weighted by atomic mass is 9.63. The molecule has 7 rings (SSSR count). The molecule has 0 saturated heterocycles. The number of hydrogen-bond donors (Lipinski definition) is 1. The second-order valence-electron chi connectivity index (χ2n) is 20.3. The standard InChI is InChI=1S/C53H82N2/c1-39-31-33-46(40(2)35-52(45-24-10-5-11-25-45)55-53(54)50-30-16-28-48(37-50)43-22-8-4-9-23-43)38-51(39)49-29-15-27-47(36-49)44(26-14-21-41-19-12-13-20-41)34-32-42-17-6-3-7-18-42/h3,5-6,10,17,31-35,39,41,43-52H,4,7-9,11-16,18-30,36-38H2,1-2H3,(H2,54,55)/b34-32+,40-35?/t39?,44?,45?,46?,47?,48?,49-,50?,51?,52?/m1/s1. The molecular weight excluding hydrogens is 665 g/mol. The molecule has 2 nitrogen and oxygen atoms in total. The monoisotopic (exact) mass is 747 g/mol. The van der Waals surface area contributed by atoms with E-state index in [2.05, 4.69) is 74.6 Å². The van der Waals surface area contributed by atoms with Crippen molar-refractivity contribution in [2.24, 2.45) is 75.8 Å². The summed E-state index contributed by atoms with van der Waals surface area (Å²) in [7, 11) is 0. The Morgan fingerprint density at radius 1 is 0.782 bits per heavy atom. The summed E-state index contributed by atoms with van der Waals surface area (Å²) in [6.07, 6.45) is 60.7. The number of amidine groups is 1. The van der Waals surface area contributed by atoms with Crippen LogP contribution in [0.5, 0.6) is 0 Å². The Kier molecular flexibility index (Phi) is 15.7. The smallest absolute Gasteiger partial charge is 0.0976 e. The Morgan fingerprint density at radius 2 is 1.58 bits per heavy atom. The molecule has 0 aromatic rings. The van der Waals surface area contributed by atoms with E-state index in [-0.39, 0.29) is 6.04 Å². The van der Waals surface area contributed by atoms with Gasteiger partial charge in [-0.3, -0.25) is 4.99 Å². The molecule has 0 bridgehead atoms. The molecule has 55 heavy (non-hydrogen) atoms. The molecular formula is C53H82N2. The van der Waals surface area contributed by atoms with Gasteiger partial charge in [-0.1, -0.05) is 170 Å². The van der Waals surface area contributed by atoms with Gasteiger partial charge < -0.3 is 5.73 Å². The van der Waals surface area contributed by atoms with Crippen LogP contribution in [0.1, 0.15) is 181 Å². The van der Waals surface area contributed by atoms with Gasteiger partial charge in [0.1, 0.15) is 0 Å². The highest BCUT2D eigenvalue weighted by molar-refractivity contribution is 5.83. The fraction of sp³-hybridized carbons (Fsp3) is 0.755. The van der Waals surface area contributed by atoms with E-state index < -0.39 is 0 Å². The molecule has 0 aromatic carbocycles.